The third kappa shape index (κ3) is 4.32. The Labute approximate surface area is 129 Å². The molecule has 0 aliphatic rings. The average Bonchev–Trinajstić information content (AvgIpc) is 2.80. The van der Waals surface area contributed by atoms with E-state index >= 15 is 0 Å². The van der Waals surface area contributed by atoms with Gasteiger partial charge in [0.05, 0.1) is 17.6 Å². The molecule has 1 aromatic carbocycles. The minimum absolute atomic E-state index is 0.257. The summed E-state index contributed by atoms with van der Waals surface area (Å²) in [4.78, 5) is 22.4. The predicted molar refractivity (Wildman–Crippen MR) is 81.4 cm³/mol. The van der Waals surface area contributed by atoms with Gasteiger partial charge in [-0.15, -0.1) is 0 Å². The third-order valence-electron chi connectivity index (χ3n) is 2.56. The van der Waals surface area contributed by atoms with Crippen molar-refractivity contribution < 1.29 is 14.7 Å². The summed E-state index contributed by atoms with van der Waals surface area (Å²) in [5, 5.41) is 17.8. The number of anilines is 2. The Hall–Kier alpha value is -2.35. The smallest absolute Gasteiger partial charge is 0.325 e. The molecule has 2 aromatic rings. The number of aliphatic carboxylic acids is 1. The molecule has 0 spiro atoms. The van der Waals surface area contributed by atoms with Crippen molar-refractivity contribution in [1.29, 1.82) is 0 Å². The number of carboxylic acids is 1. The van der Waals surface area contributed by atoms with Crippen LogP contribution >= 0.6 is 15.9 Å². The Kier molecular flexibility index (Phi) is 4.59. The number of halogens is 1. The molecular formula is C13H13BrN4O3. The van der Waals surface area contributed by atoms with E-state index in [2.05, 4.69) is 31.7 Å². The summed E-state index contributed by atoms with van der Waals surface area (Å²) in [5.41, 5.74) is 2.07. The number of aromatic nitrogens is 2. The standard InChI is InChI=1S/C13H13BrN4O3/c1-8-2-3-10(14)11(4-8)17-13(21)16-9-5-15-18(6-9)7-12(19)20/h2-6H,7H2,1H3,(H,19,20)(H2,16,17,21). The van der Waals surface area contributed by atoms with Gasteiger partial charge < -0.3 is 15.7 Å². The third-order valence-corrected chi connectivity index (χ3v) is 3.25. The molecule has 0 radical (unpaired) electrons. The molecule has 8 heteroatoms. The van der Waals surface area contributed by atoms with Crippen LogP contribution in [0, 0.1) is 6.92 Å². The van der Waals surface area contributed by atoms with Crippen molar-refractivity contribution in [1.82, 2.24) is 9.78 Å². The summed E-state index contributed by atoms with van der Waals surface area (Å²) in [6, 6.07) is 5.16. The molecule has 0 aliphatic heterocycles. The van der Waals surface area contributed by atoms with Crippen LogP contribution in [-0.2, 0) is 11.3 Å². The summed E-state index contributed by atoms with van der Waals surface area (Å²) in [6.45, 7) is 1.66. The Morgan fingerprint density at radius 2 is 2.14 bits per heavy atom. The van der Waals surface area contributed by atoms with E-state index in [0.717, 1.165) is 10.0 Å². The number of urea groups is 1. The molecule has 0 fully saturated rings. The van der Waals surface area contributed by atoms with Crippen LogP contribution in [0.25, 0.3) is 0 Å². The highest BCUT2D eigenvalue weighted by molar-refractivity contribution is 9.10. The fraction of sp³-hybridized carbons (Fsp3) is 0.154. The molecule has 2 rings (SSSR count). The first kappa shape index (κ1) is 15.0. The zero-order valence-electron chi connectivity index (χ0n) is 11.1. The lowest BCUT2D eigenvalue weighted by Crippen LogP contribution is -2.19. The number of nitrogens with zero attached hydrogens (tertiary/aromatic N) is 2. The Bertz CT molecular complexity index is 684. The summed E-state index contributed by atoms with van der Waals surface area (Å²) in [6.07, 6.45) is 2.83. The van der Waals surface area contributed by atoms with Crippen molar-refractivity contribution in [2.24, 2.45) is 0 Å². The van der Waals surface area contributed by atoms with E-state index in [1.807, 2.05) is 25.1 Å². The summed E-state index contributed by atoms with van der Waals surface area (Å²) in [5.74, 6) is -1.00. The van der Waals surface area contributed by atoms with Gasteiger partial charge in [-0.3, -0.25) is 9.48 Å². The molecule has 0 atom stereocenters. The monoisotopic (exact) mass is 352 g/mol. The quantitative estimate of drug-likeness (QED) is 0.787. The molecule has 21 heavy (non-hydrogen) atoms. The van der Waals surface area contributed by atoms with Gasteiger partial charge in [-0.1, -0.05) is 6.07 Å². The van der Waals surface area contributed by atoms with Crippen LogP contribution in [0.1, 0.15) is 5.56 Å². The van der Waals surface area contributed by atoms with Gasteiger partial charge in [0.15, 0.2) is 0 Å². The van der Waals surface area contributed by atoms with Gasteiger partial charge in [0.25, 0.3) is 0 Å². The number of carbonyl (C=O) groups excluding carboxylic acids is 1. The minimum Gasteiger partial charge on any atom is -0.480 e. The molecule has 0 bridgehead atoms. The molecule has 110 valence electrons. The summed E-state index contributed by atoms with van der Waals surface area (Å²) < 4.78 is 1.99. The van der Waals surface area contributed by atoms with Crippen LogP contribution in [0.15, 0.2) is 35.1 Å². The fourth-order valence-corrected chi connectivity index (χ4v) is 2.02. The van der Waals surface area contributed by atoms with Gasteiger partial charge in [-0.2, -0.15) is 5.10 Å². The largest absolute Gasteiger partial charge is 0.480 e. The van der Waals surface area contributed by atoms with Crippen LogP contribution in [0.5, 0.6) is 0 Å². The number of aryl methyl sites for hydroxylation is 1. The fourth-order valence-electron chi connectivity index (χ4n) is 1.67. The SMILES string of the molecule is Cc1ccc(Br)c(NC(=O)Nc2cnn(CC(=O)O)c2)c1. The topological polar surface area (TPSA) is 96.3 Å². The average molecular weight is 353 g/mol. The first-order chi connectivity index (χ1) is 9.94. The van der Waals surface area contributed by atoms with E-state index in [1.165, 1.54) is 17.1 Å². The second kappa shape index (κ2) is 6.40. The minimum atomic E-state index is -1.00. The number of hydrogen-bond donors (Lipinski definition) is 3. The molecule has 0 saturated heterocycles. The van der Waals surface area contributed by atoms with E-state index in [-0.39, 0.29) is 6.54 Å². The molecule has 3 N–H and O–H groups in total. The second-order valence-electron chi connectivity index (χ2n) is 4.38. The number of amides is 2. The highest BCUT2D eigenvalue weighted by atomic mass is 79.9. The molecular weight excluding hydrogens is 340 g/mol. The van der Waals surface area contributed by atoms with Crippen LogP contribution < -0.4 is 10.6 Å². The highest BCUT2D eigenvalue weighted by Gasteiger charge is 2.08. The normalized spacial score (nSPS) is 10.2. The van der Waals surface area contributed by atoms with Gasteiger partial charge in [-0.05, 0) is 40.5 Å². The lowest BCUT2D eigenvalue weighted by molar-refractivity contribution is -0.137. The van der Waals surface area contributed by atoms with Gasteiger partial charge in [-0.25, -0.2) is 4.79 Å². The number of nitrogens with one attached hydrogen (secondary N) is 2. The van der Waals surface area contributed by atoms with Gasteiger partial charge in [0.1, 0.15) is 6.54 Å². The number of carboxylic acid groups (broad SMARTS) is 1. The van der Waals surface area contributed by atoms with Gasteiger partial charge in [0.2, 0.25) is 0 Å². The van der Waals surface area contributed by atoms with Crippen LogP contribution in [0.3, 0.4) is 0 Å². The summed E-state index contributed by atoms with van der Waals surface area (Å²) in [7, 11) is 0. The van der Waals surface area contributed by atoms with Crippen molar-refractivity contribution in [3.63, 3.8) is 0 Å². The highest BCUT2D eigenvalue weighted by Crippen LogP contribution is 2.23. The molecule has 0 saturated carbocycles. The molecule has 1 aromatic heterocycles. The van der Waals surface area contributed by atoms with E-state index in [9.17, 15) is 9.59 Å². The first-order valence-corrected chi connectivity index (χ1v) is 6.82. The van der Waals surface area contributed by atoms with Gasteiger partial charge in [0, 0.05) is 10.7 Å². The summed E-state index contributed by atoms with van der Waals surface area (Å²) >= 11 is 3.35. The van der Waals surface area contributed by atoms with Crippen molar-refractivity contribution in [2.45, 2.75) is 13.5 Å². The lowest BCUT2D eigenvalue weighted by Gasteiger charge is -2.08. The zero-order chi connectivity index (χ0) is 15.4. The Morgan fingerprint density at radius 1 is 1.38 bits per heavy atom. The van der Waals surface area contributed by atoms with Gasteiger partial charge >= 0.3 is 12.0 Å². The van der Waals surface area contributed by atoms with E-state index < -0.39 is 12.0 Å². The van der Waals surface area contributed by atoms with E-state index in [1.54, 1.807) is 0 Å². The van der Waals surface area contributed by atoms with E-state index in [4.69, 9.17) is 5.11 Å². The molecule has 2 amide bonds. The lowest BCUT2D eigenvalue weighted by atomic mass is 10.2. The Balaban J connectivity index is 2.00. The van der Waals surface area contributed by atoms with Crippen molar-refractivity contribution >= 4 is 39.3 Å². The van der Waals surface area contributed by atoms with Crippen molar-refractivity contribution in [3.05, 3.63) is 40.6 Å². The molecule has 1 heterocycles. The maximum absolute atomic E-state index is 11.9. The second-order valence-corrected chi connectivity index (χ2v) is 5.24. The molecule has 0 unspecified atom stereocenters. The predicted octanol–water partition coefficient (Wildman–Crippen LogP) is 2.68. The van der Waals surface area contributed by atoms with Crippen LogP contribution in [0.4, 0.5) is 16.2 Å². The molecule has 7 nitrogen and oxygen atoms in total. The number of hydrogen-bond acceptors (Lipinski definition) is 3. The van der Waals surface area contributed by atoms with Crippen molar-refractivity contribution in [2.75, 3.05) is 10.6 Å². The number of rotatable bonds is 4. The van der Waals surface area contributed by atoms with Crippen LogP contribution in [0.2, 0.25) is 0 Å². The molecule has 0 aliphatic carbocycles. The Morgan fingerprint density at radius 3 is 2.86 bits per heavy atom. The van der Waals surface area contributed by atoms with Crippen molar-refractivity contribution in [3.8, 4) is 0 Å². The zero-order valence-corrected chi connectivity index (χ0v) is 12.7. The number of benzene rings is 1. The first-order valence-electron chi connectivity index (χ1n) is 6.02. The number of carbonyl (C=O) groups is 2. The van der Waals surface area contributed by atoms with Crippen LogP contribution in [-0.4, -0.2) is 26.9 Å². The maximum Gasteiger partial charge on any atom is 0.325 e. The van der Waals surface area contributed by atoms with E-state index in [0.29, 0.717) is 11.4 Å². The maximum atomic E-state index is 11.9.